The lowest BCUT2D eigenvalue weighted by Crippen LogP contribution is -2.24. The number of hydrogen-bond acceptors (Lipinski definition) is 3. The molecule has 1 atom stereocenters. The highest BCUT2D eigenvalue weighted by Crippen LogP contribution is 2.28. The fourth-order valence-corrected chi connectivity index (χ4v) is 1.75. The predicted molar refractivity (Wildman–Crippen MR) is 54.7 cm³/mol. The van der Waals surface area contributed by atoms with Crippen molar-refractivity contribution >= 4 is 0 Å². The van der Waals surface area contributed by atoms with Gasteiger partial charge in [-0.2, -0.15) is 5.48 Å². The number of pyridine rings is 1. The Morgan fingerprint density at radius 1 is 1.57 bits per heavy atom. The van der Waals surface area contributed by atoms with Gasteiger partial charge in [0.15, 0.2) is 0 Å². The standard InChI is InChI=1S/C11H16N2O/c1-8(2)14-13-10-6-5-9-4-3-7-12-11(9)10/h3-4,7-8,10,13H,5-6H2,1-2H3. The van der Waals surface area contributed by atoms with Crippen molar-refractivity contribution in [2.45, 2.75) is 38.8 Å². The van der Waals surface area contributed by atoms with Gasteiger partial charge in [-0.25, -0.2) is 0 Å². The van der Waals surface area contributed by atoms with E-state index in [2.05, 4.69) is 16.5 Å². The summed E-state index contributed by atoms with van der Waals surface area (Å²) in [5.74, 6) is 0. The van der Waals surface area contributed by atoms with Crippen LogP contribution in [0.25, 0.3) is 0 Å². The maximum Gasteiger partial charge on any atom is 0.0749 e. The molecule has 0 radical (unpaired) electrons. The van der Waals surface area contributed by atoms with Gasteiger partial charge >= 0.3 is 0 Å². The first-order valence-electron chi connectivity index (χ1n) is 5.12. The summed E-state index contributed by atoms with van der Waals surface area (Å²) in [7, 11) is 0. The molecule has 1 aromatic heterocycles. The number of aryl methyl sites for hydroxylation is 1. The molecule has 1 aliphatic rings. The minimum absolute atomic E-state index is 0.211. The third kappa shape index (κ3) is 1.94. The normalized spacial score (nSPS) is 20.1. The molecule has 3 nitrogen and oxygen atoms in total. The SMILES string of the molecule is CC(C)ONC1CCc2cccnc21. The van der Waals surface area contributed by atoms with Crippen molar-refractivity contribution in [3.05, 3.63) is 29.6 Å². The van der Waals surface area contributed by atoms with E-state index in [4.69, 9.17) is 4.84 Å². The molecule has 76 valence electrons. The van der Waals surface area contributed by atoms with E-state index in [9.17, 15) is 0 Å². The molecule has 1 aromatic rings. The first kappa shape index (κ1) is 9.62. The maximum absolute atomic E-state index is 5.39. The summed E-state index contributed by atoms with van der Waals surface area (Å²) in [4.78, 5) is 9.77. The van der Waals surface area contributed by atoms with Crippen LogP contribution in [0.5, 0.6) is 0 Å². The summed E-state index contributed by atoms with van der Waals surface area (Å²) >= 11 is 0. The molecule has 1 N–H and O–H groups in total. The summed E-state index contributed by atoms with van der Waals surface area (Å²) in [6.45, 7) is 4.03. The van der Waals surface area contributed by atoms with Gasteiger partial charge in [-0.05, 0) is 38.3 Å². The minimum Gasteiger partial charge on any atom is -0.298 e. The molecule has 0 fully saturated rings. The molecule has 2 rings (SSSR count). The highest BCUT2D eigenvalue weighted by atomic mass is 16.7. The molecule has 0 amide bonds. The maximum atomic E-state index is 5.39. The zero-order chi connectivity index (χ0) is 9.97. The molecule has 1 heterocycles. The highest BCUT2D eigenvalue weighted by Gasteiger charge is 2.23. The van der Waals surface area contributed by atoms with Gasteiger partial charge in [0.2, 0.25) is 0 Å². The lowest BCUT2D eigenvalue weighted by molar-refractivity contribution is -0.0269. The monoisotopic (exact) mass is 192 g/mol. The number of nitrogens with one attached hydrogen (secondary N) is 1. The second-order valence-electron chi connectivity index (χ2n) is 3.92. The number of aromatic nitrogens is 1. The van der Waals surface area contributed by atoms with Crippen molar-refractivity contribution in [1.82, 2.24) is 10.5 Å². The third-order valence-corrected chi connectivity index (χ3v) is 2.40. The second kappa shape index (κ2) is 4.07. The minimum atomic E-state index is 0.211. The van der Waals surface area contributed by atoms with Crippen LogP contribution in [0.1, 0.15) is 37.6 Å². The van der Waals surface area contributed by atoms with E-state index in [1.807, 2.05) is 26.1 Å². The van der Waals surface area contributed by atoms with Gasteiger partial charge in [-0.3, -0.25) is 9.82 Å². The van der Waals surface area contributed by atoms with Crippen LogP contribution in [0.15, 0.2) is 18.3 Å². The Hall–Kier alpha value is -0.930. The molecule has 0 saturated carbocycles. The lowest BCUT2D eigenvalue weighted by Gasteiger charge is -2.14. The average molecular weight is 192 g/mol. The molecule has 0 aliphatic heterocycles. The summed E-state index contributed by atoms with van der Waals surface area (Å²) in [5.41, 5.74) is 5.57. The Labute approximate surface area is 84.5 Å². The largest absolute Gasteiger partial charge is 0.298 e. The summed E-state index contributed by atoms with van der Waals surface area (Å²) in [5, 5.41) is 0. The summed E-state index contributed by atoms with van der Waals surface area (Å²) in [6.07, 6.45) is 4.23. The number of fused-ring (bicyclic) bond motifs is 1. The van der Waals surface area contributed by atoms with Gasteiger partial charge in [0, 0.05) is 6.20 Å². The van der Waals surface area contributed by atoms with Crippen molar-refractivity contribution in [1.29, 1.82) is 0 Å². The number of nitrogens with zero attached hydrogens (tertiary/aromatic N) is 1. The van der Waals surface area contributed by atoms with Crippen LogP contribution in [0.3, 0.4) is 0 Å². The Bertz CT molecular complexity index is 312. The smallest absolute Gasteiger partial charge is 0.0749 e. The molecular weight excluding hydrogens is 176 g/mol. The molecule has 14 heavy (non-hydrogen) atoms. The van der Waals surface area contributed by atoms with E-state index in [0.717, 1.165) is 18.5 Å². The fourth-order valence-electron chi connectivity index (χ4n) is 1.75. The topological polar surface area (TPSA) is 34.1 Å². The average Bonchev–Trinajstić information content (AvgIpc) is 2.58. The van der Waals surface area contributed by atoms with Gasteiger partial charge in [0.25, 0.3) is 0 Å². The van der Waals surface area contributed by atoms with Crippen LogP contribution >= 0.6 is 0 Å². The van der Waals surface area contributed by atoms with E-state index >= 15 is 0 Å². The quantitative estimate of drug-likeness (QED) is 0.744. The first-order valence-corrected chi connectivity index (χ1v) is 5.12. The number of hydroxylamine groups is 1. The molecule has 0 aromatic carbocycles. The summed E-state index contributed by atoms with van der Waals surface area (Å²) in [6, 6.07) is 4.40. The van der Waals surface area contributed by atoms with Crippen molar-refractivity contribution in [2.24, 2.45) is 0 Å². The first-order chi connectivity index (χ1) is 6.77. The Morgan fingerprint density at radius 2 is 2.43 bits per heavy atom. The van der Waals surface area contributed by atoms with Crippen LogP contribution in [0.2, 0.25) is 0 Å². The highest BCUT2D eigenvalue weighted by molar-refractivity contribution is 5.27. The zero-order valence-corrected chi connectivity index (χ0v) is 8.66. The van der Waals surface area contributed by atoms with E-state index in [1.54, 1.807) is 0 Å². The third-order valence-electron chi connectivity index (χ3n) is 2.40. The van der Waals surface area contributed by atoms with Gasteiger partial charge < -0.3 is 0 Å². The van der Waals surface area contributed by atoms with Crippen LogP contribution in [-0.2, 0) is 11.3 Å². The molecule has 1 unspecified atom stereocenters. The van der Waals surface area contributed by atoms with Crippen LogP contribution in [0, 0.1) is 0 Å². The zero-order valence-electron chi connectivity index (χ0n) is 8.66. The van der Waals surface area contributed by atoms with Crippen molar-refractivity contribution in [2.75, 3.05) is 0 Å². The molecule has 0 saturated heterocycles. The predicted octanol–water partition coefficient (Wildman–Crippen LogP) is 2.00. The number of hydrogen-bond donors (Lipinski definition) is 1. The van der Waals surface area contributed by atoms with E-state index in [1.165, 1.54) is 5.56 Å². The molecule has 0 bridgehead atoms. The number of rotatable bonds is 3. The Kier molecular flexibility index (Phi) is 2.79. The lowest BCUT2D eigenvalue weighted by atomic mass is 10.2. The summed E-state index contributed by atoms with van der Waals surface area (Å²) < 4.78 is 0. The van der Waals surface area contributed by atoms with Gasteiger partial charge in [0.05, 0.1) is 17.8 Å². The molecular formula is C11H16N2O. The van der Waals surface area contributed by atoms with E-state index in [-0.39, 0.29) is 12.1 Å². The van der Waals surface area contributed by atoms with Gasteiger partial charge in [0.1, 0.15) is 0 Å². The van der Waals surface area contributed by atoms with Crippen molar-refractivity contribution in [3.63, 3.8) is 0 Å². The van der Waals surface area contributed by atoms with E-state index in [0.29, 0.717) is 0 Å². The van der Waals surface area contributed by atoms with Gasteiger partial charge in [-0.15, -0.1) is 0 Å². The second-order valence-corrected chi connectivity index (χ2v) is 3.92. The van der Waals surface area contributed by atoms with Crippen LogP contribution < -0.4 is 5.48 Å². The fraction of sp³-hybridized carbons (Fsp3) is 0.545. The van der Waals surface area contributed by atoms with Crippen molar-refractivity contribution < 1.29 is 4.84 Å². The Morgan fingerprint density at radius 3 is 3.21 bits per heavy atom. The van der Waals surface area contributed by atoms with Crippen LogP contribution in [-0.4, -0.2) is 11.1 Å². The Balaban J connectivity index is 2.03. The van der Waals surface area contributed by atoms with Crippen molar-refractivity contribution in [3.8, 4) is 0 Å². The molecule has 1 aliphatic carbocycles. The molecule has 3 heteroatoms. The van der Waals surface area contributed by atoms with Gasteiger partial charge in [-0.1, -0.05) is 6.07 Å². The molecule has 0 spiro atoms. The van der Waals surface area contributed by atoms with E-state index < -0.39 is 0 Å². The van der Waals surface area contributed by atoms with Crippen LogP contribution in [0.4, 0.5) is 0 Å².